The Morgan fingerprint density at radius 2 is 2.35 bits per heavy atom. The van der Waals surface area contributed by atoms with Crippen LogP contribution in [0.5, 0.6) is 0 Å². The molecule has 0 spiro atoms. The van der Waals surface area contributed by atoms with Gasteiger partial charge in [-0.05, 0) is 26.0 Å². The summed E-state index contributed by atoms with van der Waals surface area (Å²) in [6, 6.07) is 2.10. The molecule has 0 amide bonds. The van der Waals surface area contributed by atoms with Crippen LogP contribution in [0.1, 0.15) is 37.7 Å². The highest BCUT2D eigenvalue weighted by molar-refractivity contribution is 5.20. The third-order valence-corrected chi connectivity index (χ3v) is 2.82. The van der Waals surface area contributed by atoms with Gasteiger partial charge in [-0.3, -0.25) is 0 Å². The van der Waals surface area contributed by atoms with Gasteiger partial charge in [-0.15, -0.1) is 0 Å². The van der Waals surface area contributed by atoms with E-state index in [2.05, 4.69) is 28.7 Å². The van der Waals surface area contributed by atoms with Gasteiger partial charge < -0.3 is 14.3 Å². The van der Waals surface area contributed by atoms with E-state index < -0.39 is 0 Å². The van der Waals surface area contributed by atoms with Crippen LogP contribution >= 0.6 is 0 Å². The van der Waals surface area contributed by atoms with Crippen LogP contribution in [0.2, 0.25) is 0 Å². The lowest BCUT2D eigenvalue weighted by Gasteiger charge is -2.17. The van der Waals surface area contributed by atoms with Gasteiger partial charge in [0.2, 0.25) is 0 Å². The molecule has 0 aliphatic rings. The van der Waals surface area contributed by atoms with Crippen molar-refractivity contribution in [2.45, 2.75) is 32.9 Å². The number of furan rings is 1. The molecule has 4 heteroatoms. The standard InChI is InChI=1S/C13H19N3O/c1-3-6-14-12(11-5-9-17-10-11)13-15-7-8-16(13)4-2/h5,7-10,12,14H,3-4,6H2,1-2H3. The summed E-state index contributed by atoms with van der Waals surface area (Å²) in [7, 11) is 0. The van der Waals surface area contributed by atoms with Crippen LogP contribution in [0.25, 0.3) is 0 Å². The van der Waals surface area contributed by atoms with Crippen molar-refractivity contribution in [1.29, 1.82) is 0 Å². The number of nitrogens with one attached hydrogen (secondary N) is 1. The maximum Gasteiger partial charge on any atom is 0.130 e. The van der Waals surface area contributed by atoms with Crippen LogP contribution in [0.4, 0.5) is 0 Å². The fraction of sp³-hybridized carbons (Fsp3) is 0.462. The first-order valence-corrected chi connectivity index (χ1v) is 6.13. The molecule has 0 bridgehead atoms. The highest BCUT2D eigenvalue weighted by atomic mass is 16.3. The predicted octanol–water partition coefficient (Wildman–Crippen LogP) is 2.59. The Balaban J connectivity index is 2.27. The molecule has 1 N–H and O–H groups in total. The molecule has 0 saturated heterocycles. The molecule has 0 saturated carbocycles. The second-order valence-corrected chi connectivity index (χ2v) is 4.02. The van der Waals surface area contributed by atoms with Gasteiger partial charge >= 0.3 is 0 Å². The SMILES string of the molecule is CCCNC(c1ccoc1)c1nccn1CC. The second-order valence-electron chi connectivity index (χ2n) is 4.02. The minimum Gasteiger partial charge on any atom is -0.472 e. The van der Waals surface area contributed by atoms with Crippen molar-refractivity contribution in [3.05, 3.63) is 42.4 Å². The lowest BCUT2D eigenvalue weighted by molar-refractivity contribution is 0.523. The molecule has 4 nitrogen and oxygen atoms in total. The van der Waals surface area contributed by atoms with Crippen LogP contribution in [0, 0.1) is 0 Å². The number of rotatable bonds is 6. The van der Waals surface area contributed by atoms with E-state index in [-0.39, 0.29) is 6.04 Å². The molecule has 0 aliphatic carbocycles. The van der Waals surface area contributed by atoms with Crippen molar-refractivity contribution in [3.8, 4) is 0 Å². The Morgan fingerprint density at radius 3 is 3.00 bits per heavy atom. The zero-order chi connectivity index (χ0) is 12.1. The summed E-state index contributed by atoms with van der Waals surface area (Å²) < 4.78 is 7.32. The summed E-state index contributed by atoms with van der Waals surface area (Å²) in [5.74, 6) is 1.04. The molecule has 1 atom stereocenters. The van der Waals surface area contributed by atoms with E-state index in [9.17, 15) is 0 Å². The highest BCUT2D eigenvalue weighted by Crippen LogP contribution is 2.21. The zero-order valence-electron chi connectivity index (χ0n) is 10.4. The van der Waals surface area contributed by atoms with Crippen molar-refractivity contribution < 1.29 is 4.42 Å². The molecule has 92 valence electrons. The topological polar surface area (TPSA) is 43.0 Å². The van der Waals surface area contributed by atoms with Crippen LogP contribution in [-0.4, -0.2) is 16.1 Å². The Bertz CT molecular complexity index is 433. The van der Waals surface area contributed by atoms with Gasteiger partial charge in [-0.25, -0.2) is 4.98 Å². The summed E-state index contributed by atoms with van der Waals surface area (Å²) in [6.07, 6.45) is 8.44. The van der Waals surface area contributed by atoms with Crippen molar-refractivity contribution in [1.82, 2.24) is 14.9 Å². The van der Waals surface area contributed by atoms with E-state index in [0.717, 1.165) is 30.9 Å². The first kappa shape index (κ1) is 11.9. The molecule has 2 heterocycles. The van der Waals surface area contributed by atoms with Crippen LogP contribution in [0.3, 0.4) is 0 Å². The predicted molar refractivity (Wildman–Crippen MR) is 66.7 cm³/mol. The van der Waals surface area contributed by atoms with Crippen molar-refractivity contribution in [2.75, 3.05) is 6.54 Å². The molecule has 0 fully saturated rings. The van der Waals surface area contributed by atoms with E-state index in [1.807, 2.05) is 18.5 Å². The largest absolute Gasteiger partial charge is 0.472 e. The first-order valence-electron chi connectivity index (χ1n) is 6.13. The average Bonchev–Trinajstić information content (AvgIpc) is 3.00. The molecular formula is C13H19N3O. The quantitative estimate of drug-likeness (QED) is 0.834. The smallest absolute Gasteiger partial charge is 0.130 e. The highest BCUT2D eigenvalue weighted by Gasteiger charge is 2.18. The molecular weight excluding hydrogens is 214 g/mol. The fourth-order valence-electron chi connectivity index (χ4n) is 1.93. The Hall–Kier alpha value is -1.55. The van der Waals surface area contributed by atoms with Gasteiger partial charge in [-0.2, -0.15) is 0 Å². The van der Waals surface area contributed by atoms with E-state index >= 15 is 0 Å². The minimum atomic E-state index is 0.114. The normalized spacial score (nSPS) is 12.8. The molecule has 0 aliphatic heterocycles. The average molecular weight is 233 g/mol. The lowest BCUT2D eigenvalue weighted by atomic mass is 10.1. The molecule has 2 aromatic heterocycles. The number of nitrogens with zero attached hydrogens (tertiary/aromatic N) is 2. The minimum absolute atomic E-state index is 0.114. The van der Waals surface area contributed by atoms with Gasteiger partial charge in [0.05, 0.1) is 18.6 Å². The molecule has 0 aromatic carbocycles. The van der Waals surface area contributed by atoms with Gasteiger partial charge in [0, 0.05) is 24.5 Å². The van der Waals surface area contributed by atoms with E-state index in [1.165, 1.54) is 0 Å². The molecule has 17 heavy (non-hydrogen) atoms. The molecule has 1 unspecified atom stereocenters. The number of hydrogen-bond donors (Lipinski definition) is 1. The summed E-state index contributed by atoms with van der Waals surface area (Å²) in [6.45, 7) is 6.17. The first-order chi connectivity index (χ1) is 8.36. The van der Waals surface area contributed by atoms with Crippen molar-refractivity contribution in [3.63, 3.8) is 0 Å². The van der Waals surface area contributed by atoms with E-state index in [4.69, 9.17) is 4.42 Å². The number of aryl methyl sites for hydroxylation is 1. The van der Waals surface area contributed by atoms with Crippen LogP contribution in [-0.2, 0) is 6.54 Å². The van der Waals surface area contributed by atoms with Crippen LogP contribution < -0.4 is 5.32 Å². The van der Waals surface area contributed by atoms with Crippen molar-refractivity contribution in [2.24, 2.45) is 0 Å². The fourth-order valence-corrected chi connectivity index (χ4v) is 1.93. The summed E-state index contributed by atoms with van der Waals surface area (Å²) in [4.78, 5) is 4.46. The van der Waals surface area contributed by atoms with E-state index in [1.54, 1.807) is 12.5 Å². The summed E-state index contributed by atoms with van der Waals surface area (Å²) in [5.41, 5.74) is 1.12. The second kappa shape index (κ2) is 5.68. The number of imidazole rings is 1. The van der Waals surface area contributed by atoms with Crippen molar-refractivity contribution >= 4 is 0 Å². The Kier molecular flexibility index (Phi) is 3.98. The Labute approximate surface area is 102 Å². The lowest BCUT2D eigenvalue weighted by Crippen LogP contribution is -2.25. The van der Waals surface area contributed by atoms with Crippen LogP contribution in [0.15, 0.2) is 35.4 Å². The maximum absolute atomic E-state index is 5.17. The molecule has 0 radical (unpaired) electrons. The van der Waals surface area contributed by atoms with Gasteiger partial charge in [-0.1, -0.05) is 6.92 Å². The zero-order valence-corrected chi connectivity index (χ0v) is 10.4. The maximum atomic E-state index is 5.17. The van der Waals surface area contributed by atoms with E-state index in [0.29, 0.717) is 0 Å². The molecule has 2 rings (SSSR count). The third-order valence-electron chi connectivity index (χ3n) is 2.82. The Morgan fingerprint density at radius 1 is 1.47 bits per heavy atom. The summed E-state index contributed by atoms with van der Waals surface area (Å²) in [5, 5.41) is 3.51. The van der Waals surface area contributed by atoms with Gasteiger partial charge in [0.15, 0.2) is 0 Å². The van der Waals surface area contributed by atoms with Gasteiger partial charge in [0.1, 0.15) is 5.82 Å². The third kappa shape index (κ3) is 2.58. The number of hydrogen-bond acceptors (Lipinski definition) is 3. The number of aromatic nitrogens is 2. The summed E-state index contributed by atoms with van der Waals surface area (Å²) >= 11 is 0. The molecule has 2 aromatic rings. The monoisotopic (exact) mass is 233 g/mol. The van der Waals surface area contributed by atoms with Gasteiger partial charge in [0.25, 0.3) is 0 Å².